The zero-order valence-corrected chi connectivity index (χ0v) is 12.8. The third-order valence-corrected chi connectivity index (χ3v) is 2.39. The lowest BCUT2D eigenvalue weighted by atomic mass is 9.80. The Morgan fingerprint density at radius 2 is 1.69 bits per heavy atom. The van der Waals surface area contributed by atoms with Gasteiger partial charge in [0.2, 0.25) is 0 Å². The van der Waals surface area contributed by atoms with Gasteiger partial charge in [-0.05, 0) is 26.4 Å². The largest absolute Gasteiger partial charge is 0.381 e. The van der Waals surface area contributed by atoms with Gasteiger partial charge in [0.15, 0.2) is 0 Å². The molecule has 16 heavy (non-hydrogen) atoms. The molecule has 1 saturated heterocycles. The minimum atomic E-state index is 0.376. The van der Waals surface area contributed by atoms with Crippen molar-refractivity contribution >= 4 is 0 Å². The second kappa shape index (κ2) is 10.1. The van der Waals surface area contributed by atoms with E-state index in [-0.39, 0.29) is 0 Å². The van der Waals surface area contributed by atoms with Crippen molar-refractivity contribution in [1.29, 1.82) is 0 Å². The van der Waals surface area contributed by atoms with Crippen molar-refractivity contribution in [2.45, 2.75) is 48.0 Å². The molecule has 2 unspecified atom stereocenters. The van der Waals surface area contributed by atoms with Crippen LogP contribution in [-0.4, -0.2) is 38.8 Å². The van der Waals surface area contributed by atoms with Gasteiger partial charge in [0.05, 0.1) is 6.61 Å². The molecular weight excluding hydrogens is 198 g/mol. The molecule has 0 bridgehead atoms. The molecule has 0 aromatic rings. The molecule has 0 radical (unpaired) electrons. The smallest absolute Gasteiger partial charge is 0.0532 e. The van der Waals surface area contributed by atoms with Gasteiger partial charge in [-0.25, -0.2) is 0 Å². The van der Waals surface area contributed by atoms with Crippen LogP contribution in [0.4, 0.5) is 0 Å². The molecule has 0 N–H and O–H groups in total. The van der Waals surface area contributed by atoms with Crippen molar-refractivity contribution in [3.63, 3.8) is 0 Å². The van der Waals surface area contributed by atoms with Crippen molar-refractivity contribution in [2.75, 3.05) is 33.9 Å². The number of rotatable bonds is 2. The van der Waals surface area contributed by atoms with Crippen molar-refractivity contribution in [2.24, 2.45) is 11.3 Å². The van der Waals surface area contributed by atoms with E-state index in [0.717, 1.165) is 25.7 Å². The first-order chi connectivity index (χ1) is 7.52. The van der Waals surface area contributed by atoms with E-state index >= 15 is 0 Å². The Morgan fingerprint density at radius 1 is 1.19 bits per heavy atom. The molecule has 0 saturated carbocycles. The molecule has 2 nitrogen and oxygen atoms in total. The molecule has 0 aliphatic carbocycles. The lowest BCUT2D eigenvalue weighted by Crippen LogP contribution is -2.40. The van der Waals surface area contributed by atoms with Crippen LogP contribution in [0.15, 0.2) is 0 Å². The van der Waals surface area contributed by atoms with Crippen LogP contribution in [0.5, 0.6) is 0 Å². The van der Waals surface area contributed by atoms with Crippen molar-refractivity contribution < 1.29 is 4.74 Å². The Kier molecular flexibility index (Phi) is 11.5. The summed E-state index contributed by atoms with van der Waals surface area (Å²) >= 11 is 0. The highest BCUT2D eigenvalue weighted by atomic mass is 16.5. The van der Waals surface area contributed by atoms with Crippen LogP contribution < -0.4 is 0 Å². The summed E-state index contributed by atoms with van der Waals surface area (Å²) in [7, 11) is 4.26. The van der Waals surface area contributed by atoms with E-state index in [4.69, 9.17) is 4.74 Å². The van der Waals surface area contributed by atoms with Gasteiger partial charge in [-0.2, -0.15) is 0 Å². The monoisotopic (exact) mass is 231 g/mol. The molecule has 0 aromatic carbocycles. The molecular formula is C14H33NO. The topological polar surface area (TPSA) is 12.5 Å². The maximum absolute atomic E-state index is 5.57. The number of ether oxygens (including phenoxy) is 1. The Labute approximate surface area is 103 Å². The Bertz CT molecular complexity index is 144. The lowest BCUT2D eigenvalue weighted by molar-refractivity contribution is -0.0380. The van der Waals surface area contributed by atoms with Gasteiger partial charge in [-0.1, -0.05) is 41.5 Å². The van der Waals surface area contributed by atoms with E-state index in [2.05, 4.69) is 32.8 Å². The molecule has 1 aliphatic rings. The lowest BCUT2D eigenvalue weighted by Gasteiger charge is -2.38. The average molecular weight is 231 g/mol. The fourth-order valence-corrected chi connectivity index (χ4v) is 2.34. The van der Waals surface area contributed by atoms with Gasteiger partial charge >= 0.3 is 0 Å². The van der Waals surface area contributed by atoms with Gasteiger partial charge in [-0.3, -0.25) is 0 Å². The number of nitrogens with zero attached hydrogens (tertiary/aromatic N) is 1. The Morgan fingerprint density at radius 3 is 2.06 bits per heavy atom. The van der Waals surface area contributed by atoms with Gasteiger partial charge in [0, 0.05) is 18.6 Å². The van der Waals surface area contributed by atoms with E-state index in [1.165, 1.54) is 6.42 Å². The quantitative estimate of drug-likeness (QED) is 0.719. The molecule has 100 valence electrons. The molecule has 2 atom stereocenters. The highest BCUT2D eigenvalue weighted by molar-refractivity contribution is 4.81. The molecule has 0 amide bonds. The van der Waals surface area contributed by atoms with Gasteiger partial charge < -0.3 is 9.64 Å². The third kappa shape index (κ3) is 8.12. The first-order valence-corrected chi connectivity index (χ1v) is 6.74. The molecule has 1 rings (SSSR count). The first kappa shape index (κ1) is 18.3. The molecule has 2 heteroatoms. The maximum atomic E-state index is 5.57. The van der Waals surface area contributed by atoms with E-state index in [0.29, 0.717) is 5.41 Å². The van der Waals surface area contributed by atoms with Gasteiger partial charge in [0.25, 0.3) is 0 Å². The molecule has 1 heterocycles. The minimum Gasteiger partial charge on any atom is -0.381 e. The van der Waals surface area contributed by atoms with Crippen molar-refractivity contribution in [1.82, 2.24) is 4.90 Å². The van der Waals surface area contributed by atoms with Gasteiger partial charge in [-0.15, -0.1) is 0 Å². The highest BCUT2D eigenvalue weighted by Gasteiger charge is 2.31. The fraction of sp³-hybridized carbons (Fsp3) is 1.00. The molecule has 0 aromatic heterocycles. The number of hydrogen-bond donors (Lipinski definition) is 0. The zero-order chi connectivity index (χ0) is 13.2. The third-order valence-electron chi connectivity index (χ3n) is 2.39. The summed E-state index contributed by atoms with van der Waals surface area (Å²) in [5, 5.41) is 0. The standard InChI is InChI=1S/C10H21NO.2C2H6/c1-9-5-10(2,7-11(3)4)8-12-6-9;2*1-2/h9H,5-8H2,1-4H3;2*1-2H3. The van der Waals surface area contributed by atoms with Crippen LogP contribution >= 0.6 is 0 Å². The molecule has 1 fully saturated rings. The van der Waals surface area contributed by atoms with E-state index in [9.17, 15) is 0 Å². The van der Waals surface area contributed by atoms with E-state index < -0.39 is 0 Å². The van der Waals surface area contributed by atoms with Crippen LogP contribution in [0.2, 0.25) is 0 Å². The maximum Gasteiger partial charge on any atom is 0.0532 e. The predicted octanol–water partition coefficient (Wildman–Crippen LogP) is 3.66. The summed E-state index contributed by atoms with van der Waals surface area (Å²) in [4.78, 5) is 2.25. The normalized spacial score (nSPS) is 28.7. The van der Waals surface area contributed by atoms with E-state index in [1.807, 2.05) is 27.7 Å². The Balaban J connectivity index is 0. The van der Waals surface area contributed by atoms with Crippen LogP contribution in [0.3, 0.4) is 0 Å². The van der Waals surface area contributed by atoms with Crippen LogP contribution in [0.25, 0.3) is 0 Å². The van der Waals surface area contributed by atoms with Crippen LogP contribution in [0, 0.1) is 11.3 Å². The summed E-state index contributed by atoms with van der Waals surface area (Å²) in [5.74, 6) is 0.726. The summed E-state index contributed by atoms with van der Waals surface area (Å²) in [6.45, 7) is 15.6. The minimum absolute atomic E-state index is 0.376. The second-order valence-corrected chi connectivity index (χ2v) is 4.87. The summed E-state index contributed by atoms with van der Waals surface area (Å²) in [5.41, 5.74) is 0.376. The average Bonchev–Trinajstić information content (AvgIpc) is 2.21. The highest BCUT2D eigenvalue weighted by Crippen LogP contribution is 2.31. The SMILES string of the molecule is CC.CC.CC1COCC(C)(CN(C)C)C1. The van der Waals surface area contributed by atoms with Crippen LogP contribution in [0.1, 0.15) is 48.0 Å². The molecule has 1 aliphatic heterocycles. The summed E-state index contributed by atoms with van der Waals surface area (Å²) in [6, 6.07) is 0. The van der Waals surface area contributed by atoms with Crippen LogP contribution in [-0.2, 0) is 4.74 Å². The summed E-state index contributed by atoms with van der Waals surface area (Å²) < 4.78 is 5.57. The number of hydrogen-bond acceptors (Lipinski definition) is 2. The fourth-order valence-electron chi connectivity index (χ4n) is 2.34. The van der Waals surface area contributed by atoms with Gasteiger partial charge in [0.1, 0.15) is 0 Å². The van der Waals surface area contributed by atoms with Crippen molar-refractivity contribution in [3.8, 4) is 0 Å². The second-order valence-electron chi connectivity index (χ2n) is 4.87. The molecule has 0 spiro atoms. The van der Waals surface area contributed by atoms with Crippen molar-refractivity contribution in [3.05, 3.63) is 0 Å². The van der Waals surface area contributed by atoms with E-state index in [1.54, 1.807) is 0 Å². The Hall–Kier alpha value is -0.0800. The first-order valence-electron chi connectivity index (χ1n) is 6.74. The predicted molar refractivity (Wildman–Crippen MR) is 74.0 cm³/mol. The zero-order valence-electron chi connectivity index (χ0n) is 12.8. The summed E-state index contributed by atoms with van der Waals surface area (Å²) in [6.07, 6.45) is 1.30.